The lowest BCUT2D eigenvalue weighted by Crippen LogP contribution is -2.56. The van der Waals surface area contributed by atoms with Gasteiger partial charge < -0.3 is 15.7 Å². The van der Waals surface area contributed by atoms with Gasteiger partial charge in [-0.25, -0.2) is 0 Å². The molecule has 15 heavy (non-hydrogen) atoms. The normalized spacial score (nSPS) is 14.9. The Labute approximate surface area is 92.4 Å². The second kappa shape index (κ2) is 4.49. The van der Waals surface area contributed by atoms with Gasteiger partial charge in [0.15, 0.2) is 0 Å². The number of likely N-dealkylation sites (N-methyl/N-ethyl adjacent to an activating group) is 1. The first-order chi connectivity index (χ1) is 6.50. The molecule has 0 aromatic heterocycles. The summed E-state index contributed by atoms with van der Waals surface area (Å²) in [6.07, 6.45) is -0.518. The van der Waals surface area contributed by atoms with Crippen molar-refractivity contribution in [3.63, 3.8) is 0 Å². The van der Waals surface area contributed by atoms with Gasteiger partial charge in [0.2, 0.25) is 5.91 Å². The highest BCUT2D eigenvalue weighted by Gasteiger charge is 2.41. The van der Waals surface area contributed by atoms with Crippen molar-refractivity contribution >= 4 is 5.91 Å². The van der Waals surface area contributed by atoms with Gasteiger partial charge in [-0.2, -0.15) is 0 Å². The highest BCUT2D eigenvalue weighted by Crippen LogP contribution is 2.30. The molecule has 0 rings (SSSR count). The minimum atomic E-state index is -0.642. The van der Waals surface area contributed by atoms with Crippen LogP contribution in [0.4, 0.5) is 0 Å². The Morgan fingerprint density at radius 2 is 1.80 bits per heavy atom. The van der Waals surface area contributed by atoms with Crippen LogP contribution in [0.5, 0.6) is 0 Å². The molecule has 0 aliphatic rings. The van der Waals surface area contributed by atoms with E-state index in [-0.39, 0.29) is 5.91 Å². The van der Waals surface area contributed by atoms with Crippen molar-refractivity contribution in [2.75, 3.05) is 13.6 Å². The van der Waals surface area contributed by atoms with E-state index in [1.807, 2.05) is 27.7 Å². The molecule has 0 saturated heterocycles. The van der Waals surface area contributed by atoms with Gasteiger partial charge in [-0.3, -0.25) is 4.79 Å². The highest BCUT2D eigenvalue weighted by molar-refractivity contribution is 5.83. The van der Waals surface area contributed by atoms with Crippen LogP contribution in [0.15, 0.2) is 0 Å². The van der Waals surface area contributed by atoms with E-state index in [4.69, 9.17) is 5.73 Å². The molecule has 0 heterocycles. The first kappa shape index (κ1) is 14.4. The molecule has 3 N–H and O–H groups in total. The molecule has 4 nitrogen and oxygen atoms in total. The molecule has 0 spiro atoms. The maximum atomic E-state index is 12.1. The zero-order chi connectivity index (χ0) is 12.4. The SMILES string of the molecule is CC(O)CN(C)C(=O)C(C)(C)C(C)(C)N. The van der Waals surface area contributed by atoms with Crippen LogP contribution in [-0.2, 0) is 4.79 Å². The molecule has 0 bridgehead atoms. The molecule has 1 unspecified atom stereocenters. The van der Waals surface area contributed by atoms with Crippen molar-refractivity contribution in [3.8, 4) is 0 Å². The lowest BCUT2D eigenvalue weighted by atomic mass is 9.74. The Morgan fingerprint density at radius 3 is 2.07 bits per heavy atom. The van der Waals surface area contributed by atoms with Crippen molar-refractivity contribution in [2.24, 2.45) is 11.1 Å². The number of hydrogen-bond acceptors (Lipinski definition) is 3. The number of amides is 1. The molecule has 1 atom stereocenters. The zero-order valence-corrected chi connectivity index (χ0v) is 10.7. The molecule has 0 saturated carbocycles. The maximum Gasteiger partial charge on any atom is 0.229 e. The van der Waals surface area contributed by atoms with Gasteiger partial charge in [-0.05, 0) is 34.6 Å². The number of carbonyl (C=O) groups is 1. The molecule has 0 aromatic rings. The first-order valence-electron chi connectivity index (χ1n) is 5.22. The molecule has 4 heteroatoms. The number of aliphatic hydroxyl groups excluding tert-OH is 1. The van der Waals surface area contributed by atoms with E-state index in [0.29, 0.717) is 6.54 Å². The lowest BCUT2D eigenvalue weighted by Gasteiger charge is -2.39. The van der Waals surface area contributed by atoms with Crippen LogP contribution in [0.1, 0.15) is 34.6 Å². The lowest BCUT2D eigenvalue weighted by molar-refractivity contribution is -0.143. The molecule has 90 valence electrons. The van der Waals surface area contributed by atoms with E-state index in [1.165, 1.54) is 4.90 Å². The largest absolute Gasteiger partial charge is 0.392 e. The maximum absolute atomic E-state index is 12.1. The van der Waals surface area contributed by atoms with Gasteiger partial charge in [-0.15, -0.1) is 0 Å². The summed E-state index contributed by atoms with van der Waals surface area (Å²) in [4.78, 5) is 13.6. The van der Waals surface area contributed by atoms with Crippen LogP contribution in [0.3, 0.4) is 0 Å². The van der Waals surface area contributed by atoms with E-state index in [0.717, 1.165) is 0 Å². The summed E-state index contributed by atoms with van der Waals surface area (Å²) in [5.41, 5.74) is 4.74. The summed E-state index contributed by atoms with van der Waals surface area (Å²) in [6.45, 7) is 9.31. The van der Waals surface area contributed by atoms with Crippen LogP contribution in [0, 0.1) is 5.41 Å². The molecular weight excluding hydrogens is 192 g/mol. The van der Waals surface area contributed by atoms with E-state index < -0.39 is 17.1 Å². The Bertz CT molecular complexity index is 229. The predicted molar refractivity (Wildman–Crippen MR) is 61.4 cm³/mol. The van der Waals surface area contributed by atoms with Crippen molar-refractivity contribution in [2.45, 2.75) is 46.3 Å². The number of aliphatic hydroxyl groups is 1. The molecule has 1 amide bonds. The topological polar surface area (TPSA) is 66.6 Å². The van der Waals surface area contributed by atoms with Crippen molar-refractivity contribution in [3.05, 3.63) is 0 Å². The fraction of sp³-hybridized carbons (Fsp3) is 0.909. The molecule has 0 aliphatic heterocycles. The number of carbonyl (C=O) groups excluding carboxylic acids is 1. The van der Waals surface area contributed by atoms with Crippen molar-refractivity contribution in [1.29, 1.82) is 0 Å². The highest BCUT2D eigenvalue weighted by atomic mass is 16.3. The van der Waals surface area contributed by atoms with Gasteiger partial charge in [-0.1, -0.05) is 0 Å². The Kier molecular flexibility index (Phi) is 4.31. The van der Waals surface area contributed by atoms with Crippen LogP contribution >= 0.6 is 0 Å². The average Bonchev–Trinajstić information content (AvgIpc) is 1.99. The Hall–Kier alpha value is -0.610. The second-order valence-electron chi connectivity index (χ2n) is 5.38. The number of nitrogens with zero attached hydrogens (tertiary/aromatic N) is 1. The smallest absolute Gasteiger partial charge is 0.229 e. The van der Waals surface area contributed by atoms with Gasteiger partial charge in [0.05, 0.1) is 11.5 Å². The van der Waals surface area contributed by atoms with E-state index in [9.17, 15) is 9.90 Å². The molecule has 0 aliphatic carbocycles. The minimum Gasteiger partial charge on any atom is -0.392 e. The van der Waals surface area contributed by atoms with Gasteiger partial charge in [0.1, 0.15) is 0 Å². The molecule has 0 fully saturated rings. The second-order valence-corrected chi connectivity index (χ2v) is 5.38. The van der Waals surface area contributed by atoms with Crippen LogP contribution in [0.2, 0.25) is 0 Å². The number of hydrogen-bond donors (Lipinski definition) is 2. The summed E-state index contributed by atoms with van der Waals surface area (Å²) in [5, 5.41) is 9.22. The predicted octanol–water partition coefficient (Wildman–Crippen LogP) is 0.589. The first-order valence-corrected chi connectivity index (χ1v) is 5.22. The van der Waals surface area contributed by atoms with Gasteiger partial charge in [0.25, 0.3) is 0 Å². The van der Waals surface area contributed by atoms with Crippen LogP contribution in [0.25, 0.3) is 0 Å². The Morgan fingerprint density at radius 1 is 1.40 bits per heavy atom. The van der Waals surface area contributed by atoms with E-state index in [2.05, 4.69) is 0 Å². The van der Waals surface area contributed by atoms with Crippen LogP contribution < -0.4 is 5.73 Å². The third-order valence-electron chi connectivity index (χ3n) is 3.03. The number of nitrogens with two attached hydrogens (primary N) is 1. The summed E-state index contributed by atoms with van der Waals surface area (Å²) < 4.78 is 0. The standard InChI is InChI=1S/C11H24N2O2/c1-8(14)7-13(6)9(15)10(2,3)11(4,5)12/h8,14H,7,12H2,1-6H3. The van der Waals surface area contributed by atoms with Crippen molar-refractivity contribution < 1.29 is 9.90 Å². The third kappa shape index (κ3) is 3.47. The summed E-state index contributed by atoms with van der Waals surface area (Å²) in [7, 11) is 1.68. The summed E-state index contributed by atoms with van der Waals surface area (Å²) >= 11 is 0. The quantitative estimate of drug-likeness (QED) is 0.722. The van der Waals surface area contributed by atoms with Gasteiger partial charge in [0, 0.05) is 19.1 Å². The Balaban J connectivity index is 4.70. The molecule has 0 aromatic carbocycles. The summed E-state index contributed by atoms with van der Waals surface area (Å²) in [5.74, 6) is -0.0455. The van der Waals surface area contributed by atoms with E-state index >= 15 is 0 Å². The van der Waals surface area contributed by atoms with Crippen LogP contribution in [-0.4, -0.2) is 41.1 Å². The molecular formula is C11H24N2O2. The zero-order valence-electron chi connectivity index (χ0n) is 10.7. The summed E-state index contributed by atoms with van der Waals surface area (Å²) in [6, 6.07) is 0. The third-order valence-corrected chi connectivity index (χ3v) is 3.03. The average molecular weight is 216 g/mol. The minimum absolute atomic E-state index is 0.0455. The fourth-order valence-corrected chi connectivity index (χ4v) is 1.23. The number of rotatable bonds is 4. The van der Waals surface area contributed by atoms with Gasteiger partial charge >= 0.3 is 0 Å². The molecule has 0 radical (unpaired) electrons. The fourth-order valence-electron chi connectivity index (χ4n) is 1.23. The van der Waals surface area contributed by atoms with E-state index in [1.54, 1.807) is 14.0 Å². The van der Waals surface area contributed by atoms with Crippen molar-refractivity contribution in [1.82, 2.24) is 4.90 Å². The monoisotopic (exact) mass is 216 g/mol.